The normalized spacial score (nSPS) is 12.1. The summed E-state index contributed by atoms with van der Waals surface area (Å²) >= 11 is 0. The predicted molar refractivity (Wildman–Crippen MR) is 232 cm³/mol. The van der Waals surface area contributed by atoms with Crippen molar-refractivity contribution >= 4 is 64.8 Å². The molecule has 1 aliphatic rings. The second-order valence-corrected chi connectivity index (χ2v) is 17.1. The molecule has 0 unspecified atom stereocenters. The fourth-order valence-corrected chi connectivity index (χ4v) is 8.99. The molecule has 9 rings (SSSR count). The van der Waals surface area contributed by atoms with Gasteiger partial charge in [-0.3, -0.25) is 50.4 Å². The molecule has 6 aromatic carbocycles. The molecule has 3 heterocycles. The lowest BCUT2D eigenvalue weighted by molar-refractivity contribution is -0.395. The molecular formula is C42H22N6O18S2. The standard InChI is InChI=1S/C42H22N6O18S2/c49-45(50)31-19-33(47(53)54)37-21-35(31)61-25-13-26(16-29(15-25)65-67(57,58)39-9-1-5-23-7-3-11-43-41(23)39)62-36-22-38(34(48(55)56)20-32(36)46(51)52)64-28-14-27(63-37)17-30(18-28)66-68(59,60)40-10-2-6-24-8-4-12-44-42(24)40/h1-22H. The Hall–Kier alpha value is -9.56. The van der Waals surface area contributed by atoms with Crippen LogP contribution in [0.5, 0.6) is 57.5 Å². The molecular weight excluding hydrogens is 941 g/mol. The minimum Gasteiger partial charge on any atom is -0.450 e. The molecule has 0 saturated carbocycles. The molecule has 24 nitrogen and oxygen atoms in total. The molecule has 0 fully saturated rings. The Bertz CT molecular complexity index is 3360. The lowest BCUT2D eigenvalue weighted by Gasteiger charge is -2.16. The van der Waals surface area contributed by atoms with Crippen molar-refractivity contribution in [3.63, 3.8) is 0 Å². The summed E-state index contributed by atoms with van der Waals surface area (Å²) < 4.78 is 89.7. The number of nitro benzene ring substituents is 4. The van der Waals surface area contributed by atoms with Crippen molar-refractivity contribution in [3.05, 3.63) is 174 Å². The van der Waals surface area contributed by atoms with Crippen molar-refractivity contribution in [2.75, 3.05) is 0 Å². The van der Waals surface area contributed by atoms with Crippen LogP contribution in [0.3, 0.4) is 0 Å². The highest BCUT2D eigenvalue weighted by Gasteiger charge is 2.32. The van der Waals surface area contributed by atoms with Crippen molar-refractivity contribution in [1.29, 1.82) is 0 Å². The number of nitrogens with zero attached hydrogens (tertiary/aromatic N) is 6. The topological polar surface area (TPSA) is 322 Å². The van der Waals surface area contributed by atoms with Crippen LogP contribution in [0.1, 0.15) is 0 Å². The molecule has 0 radical (unpaired) electrons. The Kier molecular flexibility index (Phi) is 10.8. The summed E-state index contributed by atoms with van der Waals surface area (Å²) in [5, 5.41) is 50.5. The number of aromatic nitrogens is 2. The molecule has 0 spiro atoms. The van der Waals surface area contributed by atoms with E-state index in [-0.39, 0.29) is 11.0 Å². The number of para-hydroxylation sites is 2. The number of pyridine rings is 2. The van der Waals surface area contributed by atoms with Crippen molar-refractivity contribution in [3.8, 4) is 57.5 Å². The van der Waals surface area contributed by atoms with Gasteiger partial charge in [0.15, 0.2) is 0 Å². The Balaban J connectivity index is 1.24. The summed E-state index contributed by atoms with van der Waals surface area (Å²) in [5.74, 6) is -6.48. The number of fused-ring (bicyclic) bond motifs is 10. The van der Waals surface area contributed by atoms with E-state index in [0.717, 1.165) is 36.4 Å². The average molecular weight is 963 g/mol. The molecule has 26 heteroatoms. The van der Waals surface area contributed by atoms with Crippen LogP contribution in [0.4, 0.5) is 22.7 Å². The van der Waals surface area contributed by atoms with Crippen molar-refractivity contribution in [1.82, 2.24) is 9.97 Å². The fraction of sp³-hybridized carbons (Fsp3) is 0. The minimum absolute atomic E-state index is 0.00986. The Morgan fingerprint density at radius 1 is 0.412 bits per heavy atom. The average Bonchev–Trinajstić information content (AvgIpc) is 3.27. The first kappa shape index (κ1) is 43.7. The van der Waals surface area contributed by atoms with Crippen LogP contribution in [-0.2, 0) is 20.2 Å². The SMILES string of the molecule is O=[N+]([O-])c1cc([N+](=O)[O-])c2cc1Oc1cc(cc(OS(=O)(=O)c3cccc4cccnc34)c1)Oc1cc(c([N+](=O)[O-])cc1[N+](=O)[O-])Oc1cc(cc(OS(=O)(=O)c3cccc4cccnc34)c1)O2. The maximum atomic E-state index is 13.8. The number of nitro groups is 4. The number of ether oxygens (including phenoxy) is 4. The van der Waals surface area contributed by atoms with Gasteiger partial charge in [0.2, 0.25) is 23.0 Å². The first-order valence-corrected chi connectivity index (χ1v) is 21.8. The maximum Gasteiger partial charge on any atom is 0.341 e. The third kappa shape index (κ3) is 8.55. The molecule has 1 aliphatic heterocycles. The third-order valence-corrected chi connectivity index (χ3v) is 12.2. The molecule has 340 valence electrons. The lowest BCUT2D eigenvalue weighted by atomic mass is 10.2. The number of hydrogen-bond acceptors (Lipinski definition) is 20. The fourth-order valence-electron chi connectivity index (χ4n) is 6.81. The van der Waals surface area contributed by atoms with E-state index in [4.69, 9.17) is 27.3 Å². The maximum absolute atomic E-state index is 13.8. The highest BCUT2D eigenvalue weighted by molar-refractivity contribution is 7.87. The molecule has 0 aliphatic carbocycles. The zero-order chi connectivity index (χ0) is 48.1. The monoisotopic (exact) mass is 962 g/mol. The quantitative estimate of drug-likeness (QED) is 0.0699. The summed E-state index contributed by atoms with van der Waals surface area (Å²) in [7, 11) is -9.62. The lowest BCUT2D eigenvalue weighted by Crippen LogP contribution is -2.11. The van der Waals surface area contributed by atoms with Crippen LogP contribution in [0, 0.1) is 40.5 Å². The summed E-state index contributed by atoms with van der Waals surface area (Å²) in [6.07, 6.45) is 2.67. The minimum atomic E-state index is -4.81. The van der Waals surface area contributed by atoms with E-state index < -0.39 is 130 Å². The smallest absolute Gasteiger partial charge is 0.341 e. The van der Waals surface area contributed by atoms with E-state index in [9.17, 15) is 57.3 Å². The van der Waals surface area contributed by atoms with Gasteiger partial charge in [-0.05, 0) is 24.3 Å². The van der Waals surface area contributed by atoms with Gasteiger partial charge in [0.1, 0.15) is 56.4 Å². The van der Waals surface area contributed by atoms with Crippen molar-refractivity contribution < 1.29 is 63.8 Å². The molecule has 8 bridgehead atoms. The molecule has 0 amide bonds. The van der Waals surface area contributed by atoms with Gasteiger partial charge in [0.25, 0.3) is 0 Å². The van der Waals surface area contributed by atoms with Gasteiger partial charge < -0.3 is 27.3 Å². The van der Waals surface area contributed by atoms with E-state index >= 15 is 0 Å². The van der Waals surface area contributed by atoms with Gasteiger partial charge in [-0.1, -0.05) is 36.4 Å². The molecule has 8 aromatic rings. The number of hydrogen-bond donors (Lipinski definition) is 0. The third-order valence-electron chi connectivity index (χ3n) is 9.63. The Labute approximate surface area is 378 Å². The van der Waals surface area contributed by atoms with Gasteiger partial charge in [0, 0.05) is 71.7 Å². The van der Waals surface area contributed by atoms with Crippen LogP contribution in [0.2, 0.25) is 0 Å². The summed E-state index contributed by atoms with van der Waals surface area (Å²) in [6, 6.07) is 22.6. The molecule has 68 heavy (non-hydrogen) atoms. The molecule has 0 saturated heterocycles. The van der Waals surface area contributed by atoms with E-state index in [1.165, 1.54) is 36.7 Å². The molecule has 0 N–H and O–H groups in total. The zero-order valence-corrected chi connectivity index (χ0v) is 35.2. The zero-order valence-electron chi connectivity index (χ0n) is 33.5. The van der Waals surface area contributed by atoms with Gasteiger partial charge in [0.05, 0.1) is 30.7 Å². The van der Waals surface area contributed by atoms with Crippen LogP contribution >= 0.6 is 0 Å². The van der Waals surface area contributed by atoms with Crippen molar-refractivity contribution in [2.24, 2.45) is 0 Å². The largest absolute Gasteiger partial charge is 0.450 e. The second-order valence-electron chi connectivity index (χ2n) is 14.0. The Morgan fingerprint density at radius 3 is 1.03 bits per heavy atom. The van der Waals surface area contributed by atoms with Gasteiger partial charge >= 0.3 is 43.0 Å². The van der Waals surface area contributed by atoms with Crippen molar-refractivity contribution in [2.45, 2.75) is 9.79 Å². The van der Waals surface area contributed by atoms with Gasteiger partial charge in [-0.15, -0.1) is 0 Å². The van der Waals surface area contributed by atoms with E-state index in [2.05, 4.69) is 9.97 Å². The second kappa shape index (κ2) is 16.8. The molecule has 0 atom stereocenters. The summed E-state index contributed by atoms with van der Waals surface area (Å²) in [4.78, 5) is 52.9. The highest BCUT2D eigenvalue weighted by Crippen LogP contribution is 2.48. The number of benzene rings is 6. The van der Waals surface area contributed by atoms with Crippen LogP contribution < -0.4 is 27.3 Å². The summed E-state index contributed by atoms with van der Waals surface area (Å²) in [5.41, 5.74) is -4.09. The van der Waals surface area contributed by atoms with Gasteiger partial charge in [-0.25, -0.2) is 0 Å². The van der Waals surface area contributed by atoms with Gasteiger partial charge in [-0.2, -0.15) is 16.8 Å². The Morgan fingerprint density at radius 2 is 0.721 bits per heavy atom. The van der Waals surface area contributed by atoms with E-state index in [0.29, 0.717) is 35.0 Å². The van der Waals surface area contributed by atoms with E-state index in [1.54, 1.807) is 36.4 Å². The van der Waals surface area contributed by atoms with Crippen LogP contribution in [-0.4, -0.2) is 46.5 Å². The molecule has 2 aromatic heterocycles. The predicted octanol–water partition coefficient (Wildman–Crippen LogP) is 9.43. The van der Waals surface area contributed by atoms with Crippen LogP contribution in [0.25, 0.3) is 21.8 Å². The van der Waals surface area contributed by atoms with E-state index in [1.807, 2.05) is 0 Å². The van der Waals surface area contributed by atoms with Crippen LogP contribution in [0.15, 0.2) is 144 Å². The highest BCUT2D eigenvalue weighted by atomic mass is 32.2. The first-order valence-electron chi connectivity index (χ1n) is 18.9. The number of rotatable bonds is 10. The first-order chi connectivity index (χ1) is 32.4. The summed E-state index contributed by atoms with van der Waals surface area (Å²) in [6.45, 7) is 0.